The maximum Gasteiger partial charge on any atom is 0.490 e. The molecular formula is C16H17F6NO2. The van der Waals surface area contributed by atoms with Crippen LogP contribution in [0.2, 0.25) is 0 Å². The van der Waals surface area contributed by atoms with Gasteiger partial charge in [-0.2, -0.15) is 26.3 Å². The number of nitrogens with one attached hydrogen (secondary N) is 1. The first-order chi connectivity index (χ1) is 11.5. The van der Waals surface area contributed by atoms with E-state index in [0.717, 1.165) is 37.2 Å². The molecule has 1 aliphatic heterocycles. The van der Waals surface area contributed by atoms with Crippen molar-refractivity contribution in [1.82, 2.24) is 5.32 Å². The lowest BCUT2D eigenvalue weighted by molar-refractivity contribution is -0.192. The lowest BCUT2D eigenvalue weighted by Gasteiger charge is -2.06. The first kappa shape index (κ1) is 21.0. The Morgan fingerprint density at radius 1 is 1.16 bits per heavy atom. The van der Waals surface area contributed by atoms with Crippen molar-refractivity contribution in [3.63, 3.8) is 0 Å². The molecule has 1 heterocycles. The number of alkyl halides is 6. The molecule has 25 heavy (non-hydrogen) atoms. The van der Waals surface area contributed by atoms with Crippen LogP contribution in [0.3, 0.4) is 0 Å². The number of allylic oxidation sites excluding steroid dienone is 1. The molecule has 0 saturated carbocycles. The zero-order valence-corrected chi connectivity index (χ0v) is 13.0. The van der Waals surface area contributed by atoms with Crippen molar-refractivity contribution in [3.8, 4) is 0 Å². The topological polar surface area (TPSA) is 49.3 Å². The summed E-state index contributed by atoms with van der Waals surface area (Å²) >= 11 is 0. The van der Waals surface area contributed by atoms with Gasteiger partial charge in [0.1, 0.15) is 0 Å². The van der Waals surface area contributed by atoms with E-state index >= 15 is 0 Å². The maximum absolute atomic E-state index is 12.4. The molecule has 2 N–H and O–H groups in total. The second-order valence-electron chi connectivity index (χ2n) is 5.42. The highest BCUT2D eigenvalue weighted by Crippen LogP contribution is 2.29. The summed E-state index contributed by atoms with van der Waals surface area (Å²) in [7, 11) is 0. The molecule has 1 aromatic rings. The molecule has 1 saturated heterocycles. The Kier molecular flexibility index (Phi) is 7.47. The summed E-state index contributed by atoms with van der Waals surface area (Å²) < 4.78 is 68.8. The van der Waals surface area contributed by atoms with E-state index in [2.05, 4.69) is 5.32 Å². The van der Waals surface area contributed by atoms with Crippen LogP contribution in [0.5, 0.6) is 0 Å². The zero-order valence-electron chi connectivity index (χ0n) is 13.0. The van der Waals surface area contributed by atoms with E-state index in [-0.39, 0.29) is 0 Å². The summed E-state index contributed by atoms with van der Waals surface area (Å²) in [5, 5.41) is 10.4. The number of rotatable bonds is 3. The van der Waals surface area contributed by atoms with E-state index in [1.54, 1.807) is 0 Å². The fraction of sp³-hybridized carbons (Fsp3) is 0.438. The molecule has 0 unspecified atom stereocenters. The van der Waals surface area contributed by atoms with Crippen molar-refractivity contribution >= 4 is 12.0 Å². The van der Waals surface area contributed by atoms with Gasteiger partial charge < -0.3 is 10.4 Å². The Balaban J connectivity index is 0.000000381. The van der Waals surface area contributed by atoms with Crippen LogP contribution >= 0.6 is 0 Å². The number of benzene rings is 1. The average molecular weight is 369 g/mol. The standard InChI is InChI=1S/C14H16F3N.C2HF3O2/c15-14(16,17)13-6-4-11(5-7-13)2-1-3-12-8-9-18-10-12;3-2(4,5)1(6)7/h1-2,4-7,12,18H,3,8-10H2;(H,6,7)/b2-1+;/t12-;/m0./s1. The molecule has 2 rings (SSSR count). The second kappa shape index (κ2) is 8.89. The minimum atomic E-state index is -5.08. The minimum Gasteiger partial charge on any atom is -0.475 e. The van der Waals surface area contributed by atoms with Crippen LogP contribution in [-0.4, -0.2) is 30.3 Å². The van der Waals surface area contributed by atoms with Crippen molar-refractivity contribution in [2.24, 2.45) is 5.92 Å². The van der Waals surface area contributed by atoms with E-state index in [0.29, 0.717) is 5.92 Å². The zero-order chi connectivity index (χ0) is 19.1. The number of hydrogen-bond donors (Lipinski definition) is 2. The van der Waals surface area contributed by atoms with Crippen molar-refractivity contribution in [2.75, 3.05) is 13.1 Å². The van der Waals surface area contributed by atoms with E-state index < -0.39 is 23.9 Å². The molecule has 0 aromatic heterocycles. The summed E-state index contributed by atoms with van der Waals surface area (Å²) in [6.07, 6.45) is -3.25. The van der Waals surface area contributed by atoms with Crippen molar-refractivity contribution < 1.29 is 36.2 Å². The highest BCUT2D eigenvalue weighted by atomic mass is 19.4. The largest absolute Gasteiger partial charge is 0.490 e. The van der Waals surface area contributed by atoms with Gasteiger partial charge in [-0.05, 0) is 49.5 Å². The van der Waals surface area contributed by atoms with Gasteiger partial charge in [0.2, 0.25) is 0 Å². The van der Waals surface area contributed by atoms with Crippen LogP contribution in [0.25, 0.3) is 6.08 Å². The third kappa shape index (κ3) is 8.06. The van der Waals surface area contributed by atoms with Gasteiger partial charge in [0, 0.05) is 0 Å². The quantitative estimate of drug-likeness (QED) is 0.779. The monoisotopic (exact) mass is 369 g/mol. The van der Waals surface area contributed by atoms with Gasteiger partial charge in [0.15, 0.2) is 0 Å². The SMILES string of the molecule is FC(F)(F)c1ccc(/C=C/C[C@H]2CCNC2)cc1.O=C(O)C(F)(F)F. The van der Waals surface area contributed by atoms with Crippen molar-refractivity contribution in [2.45, 2.75) is 25.2 Å². The Morgan fingerprint density at radius 2 is 1.72 bits per heavy atom. The smallest absolute Gasteiger partial charge is 0.475 e. The number of carbonyl (C=O) groups is 1. The third-order valence-corrected chi connectivity index (χ3v) is 3.42. The highest BCUT2D eigenvalue weighted by Gasteiger charge is 2.38. The average Bonchev–Trinajstić information content (AvgIpc) is 3.00. The van der Waals surface area contributed by atoms with E-state index in [4.69, 9.17) is 9.90 Å². The van der Waals surface area contributed by atoms with E-state index in [1.165, 1.54) is 18.6 Å². The predicted molar refractivity (Wildman–Crippen MR) is 79.8 cm³/mol. The first-order valence-electron chi connectivity index (χ1n) is 7.35. The Labute approximate surface area is 140 Å². The minimum absolute atomic E-state index is 0.598. The molecule has 0 amide bonds. The van der Waals surface area contributed by atoms with Crippen LogP contribution < -0.4 is 5.32 Å². The second-order valence-corrected chi connectivity index (χ2v) is 5.42. The molecule has 1 aliphatic rings. The Bertz CT molecular complexity index is 572. The number of halogens is 6. The molecule has 3 nitrogen and oxygen atoms in total. The van der Waals surface area contributed by atoms with E-state index in [9.17, 15) is 26.3 Å². The third-order valence-electron chi connectivity index (χ3n) is 3.42. The fourth-order valence-corrected chi connectivity index (χ4v) is 2.10. The summed E-state index contributed by atoms with van der Waals surface area (Å²) in [6, 6.07) is 5.26. The van der Waals surface area contributed by atoms with Crippen molar-refractivity contribution in [3.05, 3.63) is 41.5 Å². The van der Waals surface area contributed by atoms with Crippen LogP contribution in [-0.2, 0) is 11.0 Å². The van der Waals surface area contributed by atoms with Gasteiger partial charge in [-0.15, -0.1) is 0 Å². The fourth-order valence-electron chi connectivity index (χ4n) is 2.10. The summed E-state index contributed by atoms with van der Waals surface area (Å²) in [6.45, 7) is 2.11. The summed E-state index contributed by atoms with van der Waals surface area (Å²) in [5.41, 5.74) is 0.216. The van der Waals surface area contributed by atoms with Crippen molar-refractivity contribution in [1.29, 1.82) is 0 Å². The highest BCUT2D eigenvalue weighted by molar-refractivity contribution is 5.73. The number of carboxylic acid groups (broad SMARTS) is 1. The molecule has 0 bridgehead atoms. The molecule has 1 fully saturated rings. The van der Waals surface area contributed by atoms with Crippen LogP contribution in [0.4, 0.5) is 26.3 Å². The summed E-state index contributed by atoms with van der Waals surface area (Å²) in [4.78, 5) is 8.90. The van der Waals surface area contributed by atoms with Gasteiger partial charge in [0.25, 0.3) is 0 Å². The predicted octanol–water partition coefficient (Wildman–Crippen LogP) is 4.35. The summed E-state index contributed by atoms with van der Waals surface area (Å²) in [5.74, 6) is -2.09. The van der Waals surface area contributed by atoms with Gasteiger partial charge in [0.05, 0.1) is 5.56 Å². The van der Waals surface area contributed by atoms with Gasteiger partial charge in [-0.1, -0.05) is 24.3 Å². The van der Waals surface area contributed by atoms with Gasteiger partial charge in [-0.25, -0.2) is 4.79 Å². The Morgan fingerprint density at radius 3 is 2.12 bits per heavy atom. The maximum atomic E-state index is 12.4. The molecule has 0 radical (unpaired) electrons. The lowest BCUT2D eigenvalue weighted by atomic mass is 10.0. The molecule has 0 aliphatic carbocycles. The number of aliphatic carboxylic acids is 1. The molecule has 1 aromatic carbocycles. The van der Waals surface area contributed by atoms with Gasteiger partial charge in [-0.3, -0.25) is 0 Å². The van der Waals surface area contributed by atoms with Crippen LogP contribution in [0.1, 0.15) is 24.0 Å². The van der Waals surface area contributed by atoms with E-state index in [1.807, 2.05) is 12.2 Å². The number of carboxylic acids is 1. The molecule has 0 spiro atoms. The number of hydrogen-bond acceptors (Lipinski definition) is 2. The van der Waals surface area contributed by atoms with Gasteiger partial charge >= 0.3 is 18.3 Å². The first-order valence-corrected chi connectivity index (χ1v) is 7.35. The van der Waals surface area contributed by atoms with Crippen LogP contribution in [0.15, 0.2) is 30.3 Å². The van der Waals surface area contributed by atoms with Crippen LogP contribution in [0, 0.1) is 5.92 Å². The lowest BCUT2D eigenvalue weighted by Crippen LogP contribution is -2.21. The normalized spacial score (nSPS) is 18.1. The molecule has 1 atom stereocenters. The molecular weight excluding hydrogens is 352 g/mol. The molecule has 140 valence electrons. The Hall–Kier alpha value is -2.03. The molecule has 9 heteroatoms.